The number of benzene rings is 1. The van der Waals surface area contributed by atoms with Gasteiger partial charge in [0.25, 0.3) is 0 Å². The number of nitrogens with zero attached hydrogens (tertiary/aromatic N) is 1. The first-order chi connectivity index (χ1) is 13.1. The molecule has 1 aliphatic heterocycles. The molecule has 0 radical (unpaired) electrons. The highest BCUT2D eigenvalue weighted by Crippen LogP contribution is 2.23. The number of aliphatic hydroxyl groups excluding tert-OH is 1. The van der Waals surface area contributed by atoms with Crippen LogP contribution in [0.15, 0.2) is 51.4 Å². The summed E-state index contributed by atoms with van der Waals surface area (Å²) < 4.78 is 5.33. The molecular weight excluding hydrogens is 368 g/mol. The van der Waals surface area contributed by atoms with Crippen LogP contribution in [0.5, 0.6) is 0 Å². The third-order valence-corrected chi connectivity index (χ3v) is 4.56. The van der Waals surface area contributed by atoms with Crippen molar-refractivity contribution in [2.24, 2.45) is 10.9 Å². The van der Waals surface area contributed by atoms with E-state index in [9.17, 15) is 9.90 Å². The zero-order chi connectivity index (χ0) is 19.2. The Balaban J connectivity index is 1.70. The first kappa shape index (κ1) is 19.6. The van der Waals surface area contributed by atoms with E-state index in [1.54, 1.807) is 30.5 Å². The van der Waals surface area contributed by atoms with Crippen LogP contribution in [-0.2, 0) is 4.74 Å². The van der Waals surface area contributed by atoms with E-state index >= 15 is 0 Å². The van der Waals surface area contributed by atoms with E-state index in [-0.39, 0.29) is 17.5 Å². The van der Waals surface area contributed by atoms with Gasteiger partial charge in [0, 0.05) is 47.9 Å². The molecule has 8 heteroatoms. The molecule has 0 aliphatic carbocycles. The first-order valence-electron chi connectivity index (χ1n) is 8.87. The van der Waals surface area contributed by atoms with Gasteiger partial charge in [-0.2, -0.15) is 0 Å². The van der Waals surface area contributed by atoms with E-state index < -0.39 is 6.23 Å². The quantitative estimate of drug-likeness (QED) is 0.314. The van der Waals surface area contributed by atoms with Gasteiger partial charge in [-0.25, -0.2) is 4.99 Å². The van der Waals surface area contributed by atoms with Crippen LogP contribution in [0, 0.1) is 5.92 Å². The molecule has 3 atom stereocenters. The summed E-state index contributed by atoms with van der Waals surface area (Å²) in [7, 11) is 0. The van der Waals surface area contributed by atoms with Gasteiger partial charge in [-0.3, -0.25) is 4.79 Å². The van der Waals surface area contributed by atoms with Crippen LogP contribution in [0.4, 0.5) is 5.69 Å². The lowest BCUT2D eigenvalue weighted by Crippen LogP contribution is -2.47. The fourth-order valence-corrected chi connectivity index (χ4v) is 3.19. The molecule has 27 heavy (non-hydrogen) atoms. The summed E-state index contributed by atoms with van der Waals surface area (Å²) in [5, 5.41) is 18.4. The number of aliphatic imine (C=N–C) groups is 1. The van der Waals surface area contributed by atoms with Crippen molar-refractivity contribution in [2.45, 2.75) is 19.2 Å². The van der Waals surface area contributed by atoms with Crippen LogP contribution >= 0.6 is 11.6 Å². The predicted octanol–water partition coefficient (Wildman–Crippen LogP) is 2.03. The van der Waals surface area contributed by atoms with E-state index in [4.69, 9.17) is 16.3 Å². The largest absolute Gasteiger partial charge is 0.380 e. The zero-order valence-corrected chi connectivity index (χ0v) is 15.7. The molecular formula is C19H23ClN4O3. The molecule has 1 aromatic carbocycles. The van der Waals surface area contributed by atoms with E-state index in [0.29, 0.717) is 24.9 Å². The third-order valence-electron chi connectivity index (χ3n) is 4.34. The van der Waals surface area contributed by atoms with Crippen LogP contribution in [0.25, 0.3) is 10.9 Å². The van der Waals surface area contributed by atoms with Crippen LogP contribution in [0.1, 0.15) is 6.92 Å². The summed E-state index contributed by atoms with van der Waals surface area (Å²) >= 11 is 6.04. The molecule has 0 saturated carbocycles. The van der Waals surface area contributed by atoms with E-state index in [2.05, 4.69) is 20.6 Å². The molecule has 2 heterocycles. The molecule has 1 aromatic heterocycles. The minimum absolute atomic E-state index is 0.148. The van der Waals surface area contributed by atoms with Gasteiger partial charge in [0.2, 0.25) is 5.56 Å². The number of pyridine rings is 1. The monoisotopic (exact) mass is 390 g/mol. The number of H-pyrrole nitrogens is 1. The van der Waals surface area contributed by atoms with Gasteiger partial charge in [-0.15, -0.1) is 0 Å². The molecule has 144 valence electrons. The fourth-order valence-electron chi connectivity index (χ4n) is 2.99. The Hall–Kier alpha value is -2.19. The van der Waals surface area contributed by atoms with Crippen molar-refractivity contribution in [1.29, 1.82) is 0 Å². The second-order valence-electron chi connectivity index (χ2n) is 6.24. The van der Waals surface area contributed by atoms with Crippen molar-refractivity contribution in [3.63, 3.8) is 0 Å². The number of aromatic amines is 1. The number of nitrogens with one attached hydrogen (secondary N) is 3. The van der Waals surface area contributed by atoms with E-state index in [0.717, 1.165) is 16.6 Å². The molecule has 0 bridgehead atoms. The van der Waals surface area contributed by atoms with Gasteiger partial charge in [0.05, 0.1) is 12.6 Å². The summed E-state index contributed by atoms with van der Waals surface area (Å²) in [6.07, 6.45) is 2.56. The third kappa shape index (κ3) is 5.17. The average molecular weight is 391 g/mol. The highest BCUT2D eigenvalue weighted by Gasteiger charge is 2.28. The lowest BCUT2D eigenvalue weighted by Gasteiger charge is -2.30. The molecule has 4 N–H and O–H groups in total. The molecule has 3 rings (SSSR count). The molecule has 0 saturated heterocycles. The normalized spacial score (nSPS) is 20.5. The second kappa shape index (κ2) is 9.14. The molecule has 0 spiro atoms. The minimum Gasteiger partial charge on any atom is -0.380 e. The van der Waals surface area contributed by atoms with E-state index in [1.807, 2.05) is 13.0 Å². The molecule has 0 amide bonds. The molecule has 0 fully saturated rings. The predicted molar refractivity (Wildman–Crippen MR) is 108 cm³/mol. The maximum atomic E-state index is 11.4. The number of hydrogen-bond donors (Lipinski definition) is 4. The molecule has 7 nitrogen and oxygen atoms in total. The van der Waals surface area contributed by atoms with Crippen molar-refractivity contribution >= 4 is 34.4 Å². The summed E-state index contributed by atoms with van der Waals surface area (Å²) in [5.41, 5.74) is 1.33. The number of ether oxygens (including phenoxy) is 1. The Morgan fingerprint density at radius 2 is 2.22 bits per heavy atom. The van der Waals surface area contributed by atoms with Gasteiger partial charge in [-0.1, -0.05) is 11.6 Å². The Kier molecular flexibility index (Phi) is 6.63. The van der Waals surface area contributed by atoms with Gasteiger partial charge in [0.15, 0.2) is 0 Å². The number of anilines is 1. The Morgan fingerprint density at radius 3 is 3.04 bits per heavy atom. The number of aliphatic hydroxyl groups is 1. The van der Waals surface area contributed by atoms with Crippen LogP contribution in [0.2, 0.25) is 0 Å². The lowest BCUT2D eigenvalue weighted by molar-refractivity contribution is 0.131. The maximum Gasteiger partial charge on any atom is 0.248 e. The van der Waals surface area contributed by atoms with Crippen molar-refractivity contribution in [2.75, 3.05) is 25.1 Å². The van der Waals surface area contributed by atoms with Gasteiger partial charge in [-0.05, 0) is 37.3 Å². The number of rotatable bonds is 8. The van der Waals surface area contributed by atoms with E-state index in [1.165, 1.54) is 6.07 Å². The standard InChI is InChI=1S/C19H23ClN4O3/c1-2-27-8-7-21-16-11-22-17(20)10-14(16)19(26)23-13-4-5-15-12(9-13)3-6-18(25)24-15/h3-6,9-11,14,16,19,21,23,26H,2,7-8H2,1H3,(H,24,25). The van der Waals surface area contributed by atoms with Gasteiger partial charge >= 0.3 is 0 Å². The highest BCUT2D eigenvalue weighted by molar-refractivity contribution is 6.30. The fraction of sp³-hybridized carbons (Fsp3) is 0.368. The summed E-state index contributed by atoms with van der Waals surface area (Å²) in [4.78, 5) is 18.3. The Bertz CT molecular complexity index is 896. The second-order valence-corrected chi connectivity index (χ2v) is 6.62. The number of halogens is 1. The number of hydrogen-bond acceptors (Lipinski definition) is 6. The number of fused-ring (bicyclic) bond motifs is 1. The van der Waals surface area contributed by atoms with Crippen LogP contribution in [0.3, 0.4) is 0 Å². The van der Waals surface area contributed by atoms with Crippen LogP contribution in [-0.4, -0.2) is 48.3 Å². The summed E-state index contributed by atoms with van der Waals surface area (Å²) in [6.45, 7) is 3.83. The molecule has 3 unspecified atom stereocenters. The topological polar surface area (TPSA) is 98.7 Å². The maximum absolute atomic E-state index is 11.4. The summed E-state index contributed by atoms with van der Waals surface area (Å²) in [6, 6.07) is 8.52. The smallest absolute Gasteiger partial charge is 0.248 e. The first-order valence-corrected chi connectivity index (χ1v) is 9.25. The SMILES string of the molecule is CCOCCNC1C=NC(Cl)=CC1C(O)Nc1ccc2[nH]c(=O)ccc2c1. The Morgan fingerprint density at radius 1 is 1.37 bits per heavy atom. The minimum atomic E-state index is -0.879. The highest BCUT2D eigenvalue weighted by atomic mass is 35.5. The van der Waals surface area contributed by atoms with Crippen molar-refractivity contribution in [1.82, 2.24) is 10.3 Å². The molecule has 1 aliphatic rings. The van der Waals surface area contributed by atoms with Crippen LogP contribution < -0.4 is 16.2 Å². The van der Waals surface area contributed by atoms with Crippen molar-refractivity contribution < 1.29 is 9.84 Å². The van der Waals surface area contributed by atoms with Crippen molar-refractivity contribution in [3.8, 4) is 0 Å². The Labute approximate surface area is 162 Å². The van der Waals surface area contributed by atoms with Gasteiger partial charge < -0.3 is 25.5 Å². The molecule has 2 aromatic rings. The van der Waals surface area contributed by atoms with Crippen molar-refractivity contribution in [3.05, 3.63) is 51.9 Å². The average Bonchev–Trinajstić information content (AvgIpc) is 2.66. The van der Waals surface area contributed by atoms with Gasteiger partial charge in [0.1, 0.15) is 11.4 Å². The summed E-state index contributed by atoms with van der Waals surface area (Å²) in [5.74, 6) is -0.303. The lowest BCUT2D eigenvalue weighted by atomic mass is 9.96. The number of aromatic nitrogens is 1. The zero-order valence-electron chi connectivity index (χ0n) is 15.0.